The second-order valence-electron chi connectivity index (χ2n) is 6.01. The summed E-state index contributed by atoms with van der Waals surface area (Å²) < 4.78 is 13.0. The van der Waals surface area contributed by atoms with E-state index in [0.717, 1.165) is 17.7 Å². The molecule has 2 fully saturated rings. The van der Waals surface area contributed by atoms with Crippen LogP contribution in [0.5, 0.6) is 0 Å². The molecule has 3 rings (SSSR count). The van der Waals surface area contributed by atoms with Crippen molar-refractivity contribution >= 4 is 17.8 Å². The highest BCUT2D eigenvalue weighted by Crippen LogP contribution is 2.46. The zero-order valence-corrected chi connectivity index (χ0v) is 11.6. The molecule has 0 spiro atoms. The quantitative estimate of drug-likeness (QED) is 0.863. The van der Waals surface area contributed by atoms with E-state index in [1.54, 1.807) is 0 Å². The van der Waals surface area contributed by atoms with Gasteiger partial charge in [-0.25, -0.2) is 9.18 Å². The Morgan fingerprint density at radius 3 is 2.43 bits per heavy atom. The molecule has 110 valence electrons. The van der Waals surface area contributed by atoms with Crippen molar-refractivity contribution in [1.82, 2.24) is 10.2 Å². The van der Waals surface area contributed by atoms with Gasteiger partial charge in [-0.1, -0.05) is 19.1 Å². The molecule has 0 aromatic heterocycles. The van der Waals surface area contributed by atoms with Crippen molar-refractivity contribution < 1.29 is 18.8 Å². The predicted octanol–water partition coefficient (Wildman–Crippen LogP) is 1.79. The maximum absolute atomic E-state index is 13.0. The maximum Gasteiger partial charge on any atom is 0.330 e. The highest BCUT2D eigenvalue weighted by molar-refractivity contribution is 6.19. The molecule has 0 radical (unpaired) electrons. The Morgan fingerprint density at radius 1 is 1.24 bits per heavy atom. The van der Waals surface area contributed by atoms with Gasteiger partial charge in [-0.3, -0.25) is 19.8 Å². The number of imide groups is 2. The number of benzene rings is 1. The lowest BCUT2D eigenvalue weighted by Crippen LogP contribution is -2.57. The lowest BCUT2D eigenvalue weighted by molar-refractivity contribution is -0.139. The number of carbonyl (C=O) groups excluding carboxylic acids is 3. The molecular weight excluding hydrogens is 275 g/mol. The van der Waals surface area contributed by atoms with Gasteiger partial charge in [0, 0.05) is 6.54 Å². The van der Waals surface area contributed by atoms with Crippen molar-refractivity contribution in [1.29, 1.82) is 0 Å². The first kappa shape index (κ1) is 13.7. The van der Waals surface area contributed by atoms with Gasteiger partial charge in [-0.15, -0.1) is 0 Å². The number of rotatable bonds is 3. The van der Waals surface area contributed by atoms with E-state index in [-0.39, 0.29) is 5.41 Å². The van der Waals surface area contributed by atoms with E-state index < -0.39 is 29.6 Å². The van der Waals surface area contributed by atoms with Gasteiger partial charge < -0.3 is 0 Å². The summed E-state index contributed by atoms with van der Waals surface area (Å²) in [4.78, 5) is 37.4. The molecule has 21 heavy (non-hydrogen) atoms. The molecule has 5 nitrogen and oxygen atoms in total. The highest BCUT2D eigenvalue weighted by atomic mass is 19.1. The van der Waals surface area contributed by atoms with Crippen molar-refractivity contribution in [2.75, 3.05) is 6.54 Å². The second-order valence-corrected chi connectivity index (χ2v) is 6.01. The van der Waals surface area contributed by atoms with Crippen LogP contribution in [0, 0.1) is 11.2 Å². The van der Waals surface area contributed by atoms with Gasteiger partial charge in [0.15, 0.2) is 0 Å². The summed E-state index contributed by atoms with van der Waals surface area (Å²) in [5, 5.41) is 2.21. The number of hydrogen-bond acceptors (Lipinski definition) is 3. The number of nitrogens with zero attached hydrogens (tertiary/aromatic N) is 1. The minimum absolute atomic E-state index is 0.0409. The molecule has 1 saturated carbocycles. The van der Waals surface area contributed by atoms with Gasteiger partial charge in [0.25, 0.3) is 0 Å². The smallest absolute Gasteiger partial charge is 0.277 e. The van der Waals surface area contributed by atoms with E-state index in [0.29, 0.717) is 12.1 Å². The Bertz CT molecular complexity index is 622. The molecule has 2 aliphatic rings. The monoisotopic (exact) mass is 290 g/mol. The van der Waals surface area contributed by atoms with Gasteiger partial charge in [0.1, 0.15) is 11.7 Å². The lowest BCUT2D eigenvalue weighted by Gasteiger charge is -2.32. The van der Waals surface area contributed by atoms with Crippen LogP contribution >= 0.6 is 0 Å². The van der Waals surface area contributed by atoms with Crippen molar-refractivity contribution in [3.05, 3.63) is 35.6 Å². The molecule has 1 heterocycles. The first-order valence-electron chi connectivity index (χ1n) is 6.81. The summed E-state index contributed by atoms with van der Waals surface area (Å²) in [7, 11) is 0. The van der Waals surface area contributed by atoms with Crippen LogP contribution in [-0.2, 0) is 9.59 Å². The Morgan fingerprint density at radius 2 is 1.86 bits per heavy atom. The molecule has 4 amide bonds. The van der Waals surface area contributed by atoms with Gasteiger partial charge in [0.2, 0.25) is 11.8 Å². The van der Waals surface area contributed by atoms with Crippen molar-refractivity contribution in [3.63, 3.8) is 0 Å². The van der Waals surface area contributed by atoms with Crippen LogP contribution in [0.2, 0.25) is 0 Å². The second kappa shape index (κ2) is 4.65. The molecule has 1 aromatic rings. The number of carbonyl (C=O) groups is 3. The van der Waals surface area contributed by atoms with Gasteiger partial charge in [-0.2, -0.15) is 0 Å². The Balaban J connectivity index is 1.88. The topological polar surface area (TPSA) is 66.5 Å². The summed E-state index contributed by atoms with van der Waals surface area (Å²) >= 11 is 0. The Hall–Kier alpha value is -2.24. The molecule has 1 aromatic carbocycles. The molecule has 0 bridgehead atoms. The largest absolute Gasteiger partial charge is 0.330 e. The normalized spacial score (nSPS) is 24.0. The zero-order valence-electron chi connectivity index (χ0n) is 11.6. The third-order valence-corrected chi connectivity index (χ3v) is 4.10. The molecule has 1 atom stereocenters. The first-order chi connectivity index (χ1) is 9.89. The van der Waals surface area contributed by atoms with Gasteiger partial charge in [-0.05, 0) is 36.0 Å². The zero-order chi connectivity index (χ0) is 15.2. The number of barbiturate groups is 1. The highest BCUT2D eigenvalue weighted by Gasteiger charge is 2.47. The van der Waals surface area contributed by atoms with E-state index in [1.165, 1.54) is 24.3 Å². The van der Waals surface area contributed by atoms with E-state index >= 15 is 0 Å². The van der Waals surface area contributed by atoms with Gasteiger partial charge >= 0.3 is 6.03 Å². The van der Waals surface area contributed by atoms with Crippen LogP contribution in [0.1, 0.15) is 31.2 Å². The standard InChI is InChI=1S/C15H15FN2O3/c1-15(6-7-15)8-18-13(20)11(12(19)17-14(18)21)9-2-4-10(16)5-3-9/h2-5,11H,6-8H2,1H3,(H,17,19,21). The molecular formula is C15H15FN2O3. The summed E-state index contributed by atoms with van der Waals surface area (Å²) in [6, 6.07) is 4.50. The fourth-order valence-electron chi connectivity index (χ4n) is 2.47. The average molecular weight is 290 g/mol. The molecule has 6 heteroatoms. The summed E-state index contributed by atoms with van der Waals surface area (Å²) in [6.07, 6.45) is 1.92. The molecule has 1 unspecified atom stereocenters. The number of nitrogens with one attached hydrogen (secondary N) is 1. The number of hydrogen-bond donors (Lipinski definition) is 1. The van der Waals surface area contributed by atoms with Crippen LogP contribution in [0.4, 0.5) is 9.18 Å². The Labute approximate surface area is 121 Å². The maximum atomic E-state index is 13.0. The fourth-order valence-corrected chi connectivity index (χ4v) is 2.47. The van der Waals surface area contributed by atoms with Gasteiger partial charge in [0.05, 0.1) is 0 Å². The molecule has 1 aliphatic carbocycles. The number of halogens is 1. The summed E-state index contributed by atoms with van der Waals surface area (Å²) in [6.45, 7) is 2.31. The van der Waals surface area contributed by atoms with Crippen LogP contribution < -0.4 is 5.32 Å². The fraction of sp³-hybridized carbons (Fsp3) is 0.400. The van der Waals surface area contributed by atoms with Crippen LogP contribution in [0.25, 0.3) is 0 Å². The van der Waals surface area contributed by atoms with Crippen LogP contribution in [0.3, 0.4) is 0 Å². The predicted molar refractivity (Wildman–Crippen MR) is 71.7 cm³/mol. The van der Waals surface area contributed by atoms with Crippen LogP contribution in [-0.4, -0.2) is 29.3 Å². The van der Waals surface area contributed by atoms with E-state index in [2.05, 4.69) is 5.32 Å². The van der Waals surface area contributed by atoms with Crippen molar-refractivity contribution in [2.24, 2.45) is 5.41 Å². The third kappa shape index (κ3) is 2.53. The lowest BCUT2D eigenvalue weighted by atomic mass is 9.94. The minimum atomic E-state index is -1.09. The Kier molecular flexibility index (Phi) is 3.04. The minimum Gasteiger partial charge on any atom is -0.277 e. The number of urea groups is 1. The van der Waals surface area contributed by atoms with Crippen LogP contribution in [0.15, 0.2) is 24.3 Å². The van der Waals surface area contributed by atoms with Crippen molar-refractivity contribution in [3.8, 4) is 0 Å². The summed E-state index contributed by atoms with van der Waals surface area (Å²) in [5.74, 6) is -2.73. The van der Waals surface area contributed by atoms with E-state index in [4.69, 9.17) is 0 Å². The molecule has 1 aliphatic heterocycles. The first-order valence-corrected chi connectivity index (χ1v) is 6.81. The number of amides is 4. The third-order valence-electron chi connectivity index (χ3n) is 4.10. The molecule has 1 N–H and O–H groups in total. The average Bonchev–Trinajstić information content (AvgIpc) is 3.15. The summed E-state index contributed by atoms with van der Waals surface area (Å²) in [5.41, 5.74) is 0.345. The SMILES string of the molecule is CC1(CN2C(=O)NC(=O)C(c3ccc(F)cc3)C2=O)CC1. The van der Waals surface area contributed by atoms with Crippen molar-refractivity contribution in [2.45, 2.75) is 25.7 Å². The molecule has 1 saturated heterocycles. The van der Waals surface area contributed by atoms with E-state index in [1.807, 2.05) is 6.92 Å². The van der Waals surface area contributed by atoms with E-state index in [9.17, 15) is 18.8 Å².